The zero-order chi connectivity index (χ0) is 27.1. The number of benzene rings is 4. The molecule has 0 aromatic heterocycles. The fourth-order valence-corrected chi connectivity index (χ4v) is 6.13. The average molecular weight is 606 g/mol. The van der Waals surface area contributed by atoms with Gasteiger partial charge in [-0.15, -0.1) is 0 Å². The number of thioether (sulfide) groups is 1. The summed E-state index contributed by atoms with van der Waals surface area (Å²) in [6.45, 7) is 0. The molecule has 9 heteroatoms. The number of anilines is 2. The van der Waals surface area contributed by atoms with Crippen molar-refractivity contribution in [2.24, 2.45) is 15.2 Å². The molecule has 0 saturated carbocycles. The maximum Gasteiger partial charge on any atom is 0.288 e. The standard InChI is InChI=1S/C31H21BrN6OS/c32-20-15-17-22(18-16-20)35-37-29-30(39)38-28(19-9-3-1-4-10-19)25-26(33-31(38)40-29)23-13-7-8-14-24(23)27(25)36-34-21-11-5-2-6-12-21/h1-18,28,34-35H/b36-27+,37-29+. The number of nitrogens with zero attached hydrogens (tertiary/aromatic N) is 4. The highest BCUT2D eigenvalue weighted by Gasteiger charge is 2.48. The Morgan fingerprint density at radius 2 is 1.38 bits per heavy atom. The summed E-state index contributed by atoms with van der Waals surface area (Å²) in [6, 6.07) is 35.2. The predicted molar refractivity (Wildman–Crippen MR) is 166 cm³/mol. The summed E-state index contributed by atoms with van der Waals surface area (Å²) in [5.41, 5.74) is 13.3. The van der Waals surface area contributed by atoms with Gasteiger partial charge in [-0.05, 0) is 53.7 Å². The van der Waals surface area contributed by atoms with Gasteiger partial charge in [0.05, 0.1) is 28.8 Å². The van der Waals surface area contributed by atoms with Gasteiger partial charge in [-0.3, -0.25) is 20.5 Å². The highest BCUT2D eigenvalue weighted by Crippen LogP contribution is 2.49. The molecule has 1 aliphatic carbocycles. The monoisotopic (exact) mass is 604 g/mol. The molecule has 4 aromatic rings. The van der Waals surface area contributed by atoms with Gasteiger partial charge in [0.2, 0.25) is 0 Å². The van der Waals surface area contributed by atoms with E-state index in [4.69, 9.17) is 10.1 Å². The van der Waals surface area contributed by atoms with Gasteiger partial charge in [0, 0.05) is 21.2 Å². The van der Waals surface area contributed by atoms with Gasteiger partial charge in [0.15, 0.2) is 10.2 Å². The number of aliphatic imine (C=N–C) groups is 1. The zero-order valence-electron chi connectivity index (χ0n) is 21.0. The molecule has 40 heavy (non-hydrogen) atoms. The van der Waals surface area contributed by atoms with Crippen LogP contribution < -0.4 is 10.9 Å². The Hall–Kier alpha value is -4.47. The van der Waals surface area contributed by atoms with Gasteiger partial charge < -0.3 is 0 Å². The van der Waals surface area contributed by atoms with Crippen molar-refractivity contribution in [3.63, 3.8) is 0 Å². The molecular formula is C31H21BrN6OS. The van der Waals surface area contributed by atoms with E-state index in [9.17, 15) is 4.79 Å². The maximum atomic E-state index is 13.9. The Balaban J connectivity index is 1.33. The minimum atomic E-state index is -0.423. The van der Waals surface area contributed by atoms with Gasteiger partial charge in [0.25, 0.3) is 5.91 Å². The Morgan fingerprint density at radius 3 is 2.12 bits per heavy atom. The molecule has 7 rings (SSSR count). The molecule has 0 bridgehead atoms. The van der Waals surface area contributed by atoms with Crippen molar-refractivity contribution in [3.8, 4) is 0 Å². The van der Waals surface area contributed by atoms with Crippen LogP contribution in [0, 0.1) is 0 Å². The summed E-state index contributed by atoms with van der Waals surface area (Å²) >= 11 is 4.72. The Labute approximate surface area is 243 Å². The minimum Gasteiger partial charge on any atom is -0.278 e. The lowest BCUT2D eigenvalue weighted by Gasteiger charge is -2.32. The number of amides is 1. The topological polar surface area (TPSA) is 81.5 Å². The van der Waals surface area contributed by atoms with Crippen LogP contribution in [0.5, 0.6) is 0 Å². The Bertz CT molecular complexity index is 1750. The molecule has 1 unspecified atom stereocenters. The van der Waals surface area contributed by atoms with Crippen molar-refractivity contribution in [2.75, 3.05) is 10.9 Å². The lowest BCUT2D eigenvalue weighted by molar-refractivity contribution is -0.121. The van der Waals surface area contributed by atoms with Crippen LogP contribution in [0.3, 0.4) is 0 Å². The van der Waals surface area contributed by atoms with Gasteiger partial charge in [-0.25, -0.2) is 4.99 Å². The van der Waals surface area contributed by atoms with Crippen molar-refractivity contribution in [2.45, 2.75) is 6.04 Å². The molecule has 2 heterocycles. The molecule has 0 radical (unpaired) electrons. The first-order chi connectivity index (χ1) is 19.7. The number of hydrogen-bond donors (Lipinski definition) is 2. The summed E-state index contributed by atoms with van der Waals surface area (Å²) < 4.78 is 0.967. The van der Waals surface area contributed by atoms with Crippen molar-refractivity contribution in [1.82, 2.24) is 4.90 Å². The number of carbonyl (C=O) groups excluding carboxylic acids is 1. The fourth-order valence-electron chi connectivity index (χ4n) is 4.99. The van der Waals surface area contributed by atoms with Crippen LogP contribution in [0.25, 0.3) is 5.70 Å². The van der Waals surface area contributed by atoms with Crippen LogP contribution in [-0.4, -0.2) is 26.7 Å². The minimum absolute atomic E-state index is 0.208. The van der Waals surface area contributed by atoms with Gasteiger partial charge >= 0.3 is 0 Å². The third-order valence-corrected chi connectivity index (χ3v) is 8.26. The number of hydrogen-bond acceptors (Lipinski definition) is 7. The number of fused-ring (bicyclic) bond motifs is 3. The summed E-state index contributed by atoms with van der Waals surface area (Å²) in [7, 11) is 0. The molecule has 7 nitrogen and oxygen atoms in total. The summed E-state index contributed by atoms with van der Waals surface area (Å²) in [4.78, 5) is 20.7. The van der Waals surface area contributed by atoms with Crippen LogP contribution in [0.1, 0.15) is 22.7 Å². The molecule has 1 amide bonds. The van der Waals surface area contributed by atoms with Crippen molar-refractivity contribution in [1.29, 1.82) is 0 Å². The van der Waals surface area contributed by atoms with Crippen molar-refractivity contribution < 1.29 is 4.79 Å². The first-order valence-electron chi connectivity index (χ1n) is 12.6. The molecular weight excluding hydrogens is 584 g/mol. The second kappa shape index (κ2) is 10.3. The highest BCUT2D eigenvalue weighted by atomic mass is 79.9. The molecule has 2 N–H and O–H groups in total. The van der Waals surface area contributed by atoms with Gasteiger partial charge in [-0.2, -0.15) is 10.2 Å². The van der Waals surface area contributed by atoms with Gasteiger partial charge in [0.1, 0.15) is 0 Å². The second-order valence-electron chi connectivity index (χ2n) is 9.27. The number of nitrogens with one attached hydrogen (secondary N) is 2. The van der Waals surface area contributed by atoms with E-state index in [0.717, 1.165) is 49.5 Å². The lowest BCUT2D eigenvalue weighted by atomic mass is 9.93. The van der Waals surface area contributed by atoms with E-state index in [0.29, 0.717) is 10.2 Å². The highest BCUT2D eigenvalue weighted by molar-refractivity contribution is 9.10. The number of hydrazone groups is 2. The van der Waals surface area contributed by atoms with Crippen LogP contribution in [-0.2, 0) is 4.79 Å². The summed E-state index contributed by atoms with van der Waals surface area (Å²) in [5, 5.41) is 10.3. The number of para-hydroxylation sites is 1. The quantitative estimate of drug-likeness (QED) is 0.238. The van der Waals surface area contributed by atoms with Crippen LogP contribution >= 0.6 is 27.7 Å². The van der Waals surface area contributed by atoms with E-state index >= 15 is 0 Å². The number of amidine groups is 1. The molecule has 0 spiro atoms. The molecule has 4 aromatic carbocycles. The first-order valence-corrected chi connectivity index (χ1v) is 14.3. The zero-order valence-corrected chi connectivity index (χ0v) is 23.4. The lowest BCUT2D eigenvalue weighted by Crippen LogP contribution is -2.39. The second-order valence-corrected chi connectivity index (χ2v) is 11.1. The average Bonchev–Trinajstić information content (AvgIpc) is 3.49. The third-order valence-electron chi connectivity index (χ3n) is 6.80. The molecule has 194 valence electrons. The molecule has 3 aliphatic rings. The van der Waals surface area contributed by atoms with Crippen LogP contribution in [0.15, 0.2) is 134 Å². The Morgan fingerprint density at radius 1 is 0.750 bits per heavy atom. The maximum absolute atomic E-state index is 13.9. The van der Waals surface area contributed by atoms with Crippen molar-refractivity contribution >= 4 is 66.6 Å². The molecule has 1 fully saturated rings. The van der Waals surface area contributed by atoms with Crippen LogP contribution in [0.2, 0.25) is 0 Å². The van der Waals surface area contributed by atoms with Crippen molar-refractivity contribution in [3.05, 3.63) is 136 Å². The third kappa shape index (κ3) is 4.33. The number of carbonyl (C=O) groups is 1. The van der Waals surface area contributed by atoms with E-state index in [1.807, 2.05) is 97.1 Å². The SMILES string of the molecule is O=C1/C(=N\Nc2ccc(Br)cc2)SC2=NC3=C(/C(=N/Nc4ccccc4)c4ccccc43)C(c3ccccc3)N12. The normalized spacial score (nSPS) is 19.4. The van der Waals surface area contributed by atoms with E-state index in [-0.39, 0.29) is 5.91 Å². The summed E-state index contributed by atoms with van der Waals surface area (Å²) in [5.74, 6) is -0.208. The molecule has 1 atom stereocenters. The Kier molecular flexibility index (Phi) is 6.30. The molecule has 2 aliphatic heterocycles. The van der Waals surface area contributed by atoms with E-state index < -0.39 is 6.04 Å². The van der Waals surface area contributed by atoms with Gasteiger partial charge in [-0.1, -0.05) is 88.7 Å². The number of halogens is 1. The van der Waals surface area contributed by atoms with E-state index in [1.54, 1.807) is 4.90 Å². The van der Waals surface area contributed by atoms with E-state index in [1.165, 1.54) is 11.8 Å². The first kappa shape index (κ1) is 24.6. The smallest absolute Gasteiger partial charge is 0.278 e. The number of rotatable bonds is 5. The largest absolute Gasteiger partial charge is 0.288 e. The summed E-state index contributed by atoms with van der Waals surface area (Å²) in [6.07, 6.45) is 0. The fraction of sp³-hybridized carbons (Fsp3) is 0.0323. The van der Waals surface area contributed by atoms with Crippen LogP contribution in [0.4, 0.5) is 11.4 Å². The molecule has 1 saturated heterocycles. The predicted octanol–water partition coefficient (Wildman–Crippen LogP) is 7.10. The van der Waals surface area contributed by atoms with E-state index in [2.05, 4.69) is 44.0 Å².